The molecular weight excluding hydrogens is 309 g/mol. The average molecular weight is 335 g/mol. The number of aliphatic hydroxyl groups is 1. The fraction of sp³-hybridized carbons (Fsp3) is 0.611. The first-order valence-corrected chi connectivity index (χ1v) is 8.77. The van der Waals surface area contributed by atoms with E-state index >= 15 is 0 Å². The predicted molar refractivity (Wildman–Crippen MR) is 90.2 cm³/mol. The van der Waals surface area contributed by atoms with Crippen molar-refractivity contribution >= 4 is 6.03 Å². The molecule has 0 radical (unpaired) electrons. The van der Waals surface area contributed by atoms with Crippen LogP contribution in [0.4, 0.5) is 9.18 Å². The number of nitrogens with one attached hydrogen (secondary N) is 3. The van der Waals surface area contributed by atoms with Crippen LogP contribution in [0.3, 0.4) is 0 Å². The van der Waals surface area contributed by atoms with Gasteiger partial charge < -0.3 is 21.1 Å². The van der Waals surface area contributed by atoms with E-state index in [-0.39, 0.29) is 18.0 Å². The van der Waals surface area contributed by atoms with E-state index in [1.807, 2.05) is 12.1 Å². The number of rotatable bonds is 5. The Hall–Kier alpha value is -1.66. The quantitative estimate of drug-likeness (QED) is 0.660. The van der Waals surface area contributed by atoms with Crippen molar-refractivity contribution in [1.82, 2.24) is 16.0 Å². The molecule has 1 saturated heterocycles. The lowest BCUT2D eigenvalue weighted by molar-refractivity contribution is 0.0440. The van der Waals surface area contributed by atoms with Gasteiger partial charge in [-0.3, -0.25) is 0 Å². The van der Waals surface area contributed by atoms with E-state index < -0.39 is 0 Å². The highest BCUT2D eigenvalue weighted by atomic mass is 19.1. The van der Waals surface area contributed by atoms with E-state index in [1.165, 1.54) is 12.1 Å². The summed E-state index contributed by atoms with van der Waals surface area (Å²) < 4.78 is 13.1. The SMILES string of the molecule is O=C(NCC1CC(O)C1)NC[C@@H]1CNCC[C@@H]1c1ccc(F)cc1. The maximum Gasteiger partial charge on any atom is 0.314 e. The van der Waals surface area contributed by atoms with E-state index in [4.69, 9.17) is 0 Å². The smallest absolute Gasteiger partial charge is 0.314 e. The van der Waals surface area contributed by atoms with E-state index in [0.717, 1.165) is 37.9 Å². The van der Waals surface area contributed by atoms with Gasteiger partial charge in [0.05, 0.1) is 6.10 Å². The van der Waals surface area contributed by atoms with E-state index in [9.17, 15) is 14.3 Å². The van der Waals surface area contributed by atoms with Gasteiger partial charge in [-0.2, -0.15) is 0 Å². The standard InChI is InChI=1S/C18H26FN3O2/c19-15-3-1-13(2-4-15)17-5-6-20-10-14(17)11-22-18(24)21-9-12-7-16(23)8-12/h1-4,12,14,16-17,20,23H,5-11H2,(H2,21,22,24)/t12?,14-,16?,17+/m0/s1. The van der Waals surface area contributed by atoms with Crippen LogP contribution in [0, 0.1) is 17.7 Å². The van der Waals surface area contributed by atoms with Crippen molar-refractivity contribution in [3.05, 3.63) is 35.6 Å². The molecule has 132 valence electrons. The monoisotopic (exact) mass is 335 g/mol. The lowest BCUT2D eigenvalue weighted by atomic mass is 9.81. The molecule has 2 amide bonds. The third-order valence-corrected chi connectivity index (χ3v) is 5.19. The topological polar surface area (TPSA) is 73.4 Å². The normalized spacial score (nSPS) is 29.6. The number of aliphatic hydroxyl groups excluding tert-OH is 1. The summed E-state index contributed by atoms with van der Waals surface area (Å²) in [5.74, 6) is 0.798. The maximum atomic E-state index is 13.1. The number of urea groups is 1. The first kappa shape index (κ1) is 17.2. The van der Waals surface area contributed by atoms with Crippen molar-refractivity contribution in [1.29, 1.82) is 0 Å². The number of benzene rings is 1. The molecule has 24 heavy (non-hydrogen) atoms. The van der Waals surface area contributed by atoms with Gasteiger partial charge in [0.2, 0.25) is 0 Å². The van der Waals surface area contributed by atoms with Gasteiger partial charge in [-0.1, -0.05) is 12.1 Å². The summed E-state index contributed by atoms with van der Waals surface area (Å²) in [6.45, 7) is 2.99. The molecule has 0 unspecified atom stereocenters. The maximum absolute atomic E-state index is 13.1. The van der Waals surface area contributed by atoms with Gasteiger partial charge in [0.1, 0.15) is 5.82 Å². The van der Waals surface area contributed by atoms with Crippen LogP contribution in [0.15, 0.2) is 24.3 Å². The van der Waals surface area contributed by atoms with Crippen LogP contribution in [0.25, 0.3) is 0 Å². The second kappa shape index (κ2) is 7.94. The van der Waals surface area contributed by atoms with Crippen molar-refractivity contribution in [2.45, 2.75) is 31.3 Å². The average Bonchev–Trinajstić information content (AvgIpc) is 2.57. The van der Waals surface area contributed by atoms with Gasteiger partial charge in [-0.05, 0) is 61.3 Å². The van der Waals surface area contributed by atoms with Crippen LogP contribution in [-0.2, 0) is 0 Å². The number of amides is 2. The number of carbonyl (C=O) groups excluding carboxylic acids is 1. The van der Waals surface area contributed by atoms with Gasteiger partial charge in [-0.15, -0.1) is 0 Å². The highest BCUT2D eigenvalue weighted by Gasteiger charge is 2.28. The minimum Gasteiger partial charge on any atom is -0.393 e. The third-order valence-electron chi connectivity index (χ3n) is 5.19. The highest BCUT2D eigenvalue weighted by Crippen LogP contribution is 2.30. The zero-order valence-electron chi connectivity index (χ0n) is 13.8. The van der Waals surface area contributed by atoms with Crippen LogP contribution in [-0.4, -0.2) is 43.4 Å². The molecule has 1 aromatic rings. The zero-order chi connectivity index (χ0) is 16.9. The summed E-state index contributed by atoms with van der Waals surface area (Å²) in [6, 6.07) is 6.55. The van der Waals surface area contributed by atoms with E-state index in [2.05, 4.69) is 16.0 Å². The van der Waals surface area contributed by atoms with Crippen molar-refractivity contribution < 1.29 is 14.3 Å². The Morgan fingerprint density at radius 3 is 2.62 bits per heavy atom. The Bertz CT molecular complexity index is 546. The van der Waals surface area contributed by atoms with Crippen LogP contribution in [0.2, 0.25) is 0 Å². The minimum atomic E-state index is -0.220. The molecule has 2 atom stereocenters. The second-order valence-electron chi connectivity index (χ2n) is 6.99. The molecule has 2 aliphatic rings. The lowest BCUT2D eigenvalue weighted by Gasteiger charge is -2.33. The molecule has 5 nitrogen and oxygen atoms in total. The van der Waals surface area contributed by atoms with Gasteiger partial charge in [0, 0.05) is 19.6 Å². The van der Waals surface area contributed by atoms with E-state index in [1.54, 1.807) is 0 Å². The Morgan fingerprint density at radius 2 is 1.92 bits per heavy atom. The number of halogens is 1. The van der Waals surface area contributed by atoms with Crippen LogP contribution in [0.5, 0.6) is 0 Å². The molecule has 3 rings (SSSR count). The lowest BCUT2D eigenvalue weighted by Crippen LogP contribution is -2.46. The minimum absolute atomic E-state index is 0.153. The molecule has 1 saturated carbocycles. The predicted octanol–water partition coefficient (Wildman–Crippen LogP) is 1.59. The summed E-state index contributed by atoms with van der Waals surface area (Å²) in [5, 5.41) is 18.4. The Balaban J connectivity index is 1.46. The fourth-order valence-corrected chi connectivity index (χ4v) is 3.68. The molecule has 1 aliphatic carbocycles. The number of hydrogen-bond acceptors (Lipinski definition) is 3. The first-order valence-electron chi connectivity index (χ1n) is 8.77. The van der Waals surface area contributed by atoms with Crippen LogP contribution < -0.4 is 16.0 Å². The molecule has 1 heterocycles. The van der Waals surface area contributed by atoms with Crippen molar-refractivity contribution in [3.63, 3.8) is 0 Å². The van der Waals surface area contributed by atoms with Gasteiger partial charge in [0.15, 0.2) is 0 Å². The molecule has 2 fully saturated rings. The van der Waals surface area contributed by atoms with Crippen molar-refractivity contribution in [2.75, 3.05) is 26.2 Å². The summed E-state index contributed by atoms with van der Waals surface area (Å²) in [6.07, 6.45) is 2.35. The largest absolute Gasteiger partial charge is 0.393 e. The molecule has 1 aliphatic heterocycles. The van der Waals surface area contributed by atoms with Crippen LogP contribution >= 0.6 is 0 Å². The molecule has 6 heteroatoms. The zero-order valence-corrected chi connectivity index (χ0v) is 13.8. The summed E-state index contributed by atoms with van der Waals surface area (Å²) in [4.78, 5) is 11.9. The third kappa shape index (κ3) is 4.45. The fourth-order valence-electron chi connectivity index (χ4n) is 3.68. The molecule has 4 N–H and O–H groups in total. The second-order valence-corrected chi connectivity index (χ2v) is 6.99. The Morgan fingerprint density at radius 1 is 1.21 bits per heavy atom. The number of hydrogen-bond donors (Lipinski definition) is 4. The highest BCUT2D eigenvalue weighted by molar-refractivity contribution is 5.73. The number of piperidine rings is 1. The molecule has 1 aromatic carbocycles. The number of carbonyl (C=O) groups is 1. The summed E-state index contributed by atoms with van der Waals surface area (Å²) in [7, 11) is 0. The first-order chi connectivity index (χ1) is 11.6. The van der Waals surface area contributed by atoms with Crippen LogP contribution in [0.1, 0.15) is 30.7 Å². The molecule has 0 bridgehead atoms. The molecule has 0 aromatic heterocycles. The molecular formula is C18H26FN3O2. The van der Waals surface area contributed by atoms with Gasteiger partial charge >= 0.3 is 6.03 Å². The van der Waals surface area contributed by atoms with Crippen molar-refractivity contribution in [2.24, 2.45) is 11.8 Å². The summed E-state index contributed by atoms with van der Waals surface area (Å²) >= 11 is 0. The summed E-state index contributed by atoms with van der Waals surface area (Å²) in [5.41, 5.74) is 1.13. The van der Waals surface area contributed by atoms with E-state index in [0.29, 0.717) is 30.8 Å². The Labute approximate surface area is 142 Å². The Kier molecular flexibility index (Phi) is 5.68. The van der Waals surface area contributed by atoms with Gasteiger partial charge in [-0.25, -0.2) is 9.18 Å². The molecule has 0 spiro atoms. The van der Waals surface area contributed by atoms with Crippen molar-refractivity contribution in [3.8, 4) is 0 Å². The van der Waals surface area contributed by atoms with Gasteiger partial charge in [0.25, 0.3) is 0 Å².